The van der Waals surface area contributed by atoms with E-state index in [-0.39, 0.29) is 24.8 Å². The summed E-state index contributed by atoms with van der Waals surface area (Å²) in [6, 6.07) is 12.4. The van der Waals surface area contributed by atoms with Gasteiger partial charge in [-0.3, -0.25) is 9.59 Å². The van der Waals surface area contributed by atoms with Crippen LogP contribution in [0, 0.1) is 6.92 Å². The van der Waals surface area contributed by atoms with Crippen molar-refractivity contribution in [2.24, 2.45) is 0 Å². The van der Waals surface area contributed by atoms with Crippen molar-refractivity contribution in [2.75, 3.05) is 13.2 Å². The van der Waals surface area contributed by atoms with Crippen molar-refractivity contribution in [1.29, 1.82) is 0 Å². The Balaban J connectivity index is 2.07. The third kappa shape index (κ3) is 7.75. The van der Waals surface area contributed by atoms with E-state index in [0.29, 0.717) is 36.0 Å². The normalized spacial score (nSPS) is 11.6. The lowest BCUT2D eigenvalue weighted by molar-refractivity contribution is -0.141. The van der Waals surface area contributed by atoms with E-state index in [2.05, 4.69) is 5.32 Å². The zero-order chi connectivity index (χ0) is 22.8. The highest BCUT2D eigenvalue weighted by Gasteiger charge is 2.28. The van der Waals surface area contributed by atoms with E-state index in [4.69, 9.17) is 27.9 Å². The fourth-order valence-corrected chi connectivity index (χ4v) is 3.70. The molecule has 0 saturated carbocycles. The monoisotopic (exact) mass is 464 g/mol. The molecule has 0 aromatic heterocycles. The lowest BCUT2D eigenvalue weighted by atomic mass is 10.1. The van der Waals surface area contributed by atoms with Gasteiger partial charge in [-0.15, -0.1) is 0 Å². The molecule has 0 spiro atoms. The number of nitrogens with zero attached hydrogens (tertiary/aromatic N) is 1. The molecule has 7 heteroatoms. The molecule has 1 N–H and O–H groups in total. The number of amides is 2. The Kier molecular flexibility index (Phi) is 10.2. The first-order valence-electron chi connectivity index (χ1n) is 10.6. The summed E-state index contributed by atoms with van der Waals surface area (Å²) in [5.74, 6) is 0.493. The third-order valence-corrected chi connectivity index (χ3v) is 5.50. The topological polar surface area (TPSA) is 58.6 Å². The summed E-state index contributed by atoms with van der Waals surface area (Å²) in [5, 5.41) is 3.82. The van der Waals surface area contributed by atoms with Gasteiger partial charge in [-0.25, -0.2) is 0 Å². The van der Waals surface area contributed by atoms with Crippen LogP contribution >= 0.6 is 23.2 Å². The molecule has 0 radical (unpaired) electrons. The lowest BCUT2D eigenvalue weighted by Gasteiger charge is -2.31. The van der Waals surface area contributed by atoms with Crippen molar-refractivity contribution in [3.8, 4) is 5.75 Å². The van der Waals surface area contributed by atoms with E-state index in [0.717, 1.165) is 16.9 Å². The molecular formula is C24H30Cl2N2O3. The van der Waals surface area contributed by atoms with Crippen molar-refractivity contribution in [1.82, 2.24) is 10.2 Å². The lowest BCUT2D eigenvalue weighted by Crippen LogP contribution is -2.49. The highest BCUT2D eigenvalue weighted by atomic mass is 35.5. The number of rotatable bonds is 11. The van der Waals surface area contributed by atoms with Crippen LogP contribution in [0.5, 0.6) is 5.75 Å². The number of carbonyl (C=O) groups is 2. The van der Waals surface area contributed by atoms with Crippen LogP contribution in [0.1, 0.15) is 44.2 Å². The summed E-state index contributed by atoms with van der Waals surface area (Å²) in [6.45, 7) is 6.93. The van der Waals surface area contributed by atoms with Gasteiger partial charge < -0.3 is 15.0 Å². The molecule has 0 bridgehead atoms. The maximum absolute atomic E-state index is 13.1. The van der Waals surface area contributed by atoms with Gasteiger partial charge in [0.05, 0.1) is 6.61 Å². The van der Waals surface area contributed by atoms with Crippen LogP contribution < -0.4 is 10.1 Å². The number of hydrogen-bond acceptors (Lipinski definition) is 3. The summed E-state index contributed by atoms with van der Waals surface area (Å²) in [4.78, 5) is 27.3. The van der Waals surface area contributed by atoms with Crippen LogP contribution in [-0.2, 0) is 16.1 Å². The first kappa shape index (κ1) is 25.0. The molecule has 2 rings (SSSR count). The van der Waals surface area contributed by atoms with E-state index >= 15 is 0 Å². The Bertz CT molecular complexity index is 872. The Morgan fingerprint density at radius 3 is 2.42 bits per heavy atom. The highest BCUT2D eigenvalue weighted by Crippen LogP contribution is 2.24. The predicted octanol–water partition coefficient (Wildman–Crippen LogP) is 5.40. The molecule has 0 heterocycles. The highest BCUT2D eigenvalue weighted by molar-refractivity contribution is 6.35. The maximum Gasteiger partial charge on any atom is 0.242 e. The third-order valence-electron chi connectivity index (χ3n) is 4.92. The van der Waals surface area contributed by atoms with E-state index in [1.807, 2.05) is 45.0 Å². The summed E-state index contributed by atoms with van der Waals surface area (Å²) in [6.07, 6.45) is 1.32. The number of carbonyl (C=O) groups excluding carboxylic acids is 2. The van der Waals surface area contributed by atoms with Gasteiger partial charge in [0.1, 0.15) is 11.8 Å². The van der Waals surface area contributed by atoms with Crippen LogP contribution in [0.2, 0.25) is 10.0 Å². The minimum atomic E-state index is -0.572. The fraction of sp³-hybridized carbons (Fsp3) is 0.417. The first-order chi connectivity index (χ1) is 14.8. The van der Waals surface area contributed by atoms with Gasteiger partial charge in [0, 0.05) is 29.6 Å². The van der Waals surface area contributed by atoms with E-state index in [1.54, 1.807) is 23.1 Å². The van der Waals surface area contributed by atoms with Crippen LogP contribution in [0.4, 0.5) is 0 Å². The number of nitrogens with one attached hydrogen (secondary N) is 1. The number of aryl methyl sites for hydroxylation is 1. The first-order valence-corrected chi connectivity index (χ1v) is 11.3. The zero-order valence-corrected chi connectivity index (χ0v) is 19.8. The van der Waals surface area contributed by atoms with Crippen molar-refractivity contribution < 1.29 is 14.3 Å². The number of benzene rings is 2. The fourth-order valence-electron chi connectivity index (χ4n) is 3.24. The minimum absolute atomic E-state index is 0.114. The van der Waals surface area contributed by atoms with Crippen molar-refractivity contribution >= 4 is 35.0 Å². The number of halogens is 2. The molecule has 2 aromatic rings. The van der Waals surface area contributed by atoms with Gasteiger partial charge in [0.15, 0.2) is 0 Å². The molecular weight excluding hydrogens is 435 g/mol. The van der Waals surface area contributed by atoms with Crippen LogP contribution in [0.3, 0.4) is 0 Å². The molecule has 0 aliphatic carbocycles. The molecule has 168 valence electrons. The molecule has 0 aliphatic rings. The second-order valence-corrected chi connectivity index (χ2v) is 8.18. The Labute approximate surface area is 194 Å². The molecule has 0 aliphatic heterocycles. The molecule has 0 unspecified atom stereocenters. The van der Waals surface area contributed by atoms with Gasteiger partial charge in [-0.1, -0.05) is 53.9 Å². The van der Waals surface area contributed by atoms with Crippen molar-refractivity contribution in [3.63, 3.8) is 0 Å². The standard InChI is InChI=1S/C24H30Cl2N2O3/c1-4-22(24(30)27-5-2)28(16-18-10-11-19(25)15-21(18)26)23(29)7-6-14-31-20-12-8-17(3)9-13-20/h8-13,15,22H,4-7,14,16H2,1-3H3,(H,27,30)/t22-/m0/s1. The van der Waals surface area contributed by atoms with Gasteiger partial charge in [0.25, 0.3) is 0 Å². The Morgan fingerprint density at radius 1 is 1.10 bits per heavy atom. The summed E-state index contributed by atoms with van der Waals surface area (Å²) < 4.78 is 5.73. The average molecular weight is 465 g/mol. The molecule has 31 heavy (non-hydrogen) atoms. The quantitative estimate of drug-likeness (QED) is 0.452. The summed E-state index contributed by atoms with van der Waals surface area (Å²) >= 11 is 12.3. The van der Waals surface area contributed by atoms with Crippen molar-refractivity contribution in [3.05, 3.63) is 63.6 Å². The maximum atomic E-state index is 13.1. The molecule has 2 aromatic carbocycles. The van der Waals surface area contributed by atoms with Gasteiger partial charge in [0.2, 0.25) is 11.8 Å². The molecule has 0 fully saturated rings. The minimum Gasteiger partial charge on any atom is -0.494 e. The smallest absolute Gasteiger partial charge is 0.242 e. The van der Waals surface area contributed by atoms with E-state index in [1.165, 1.54) is 0 Å². The largest absolute Gasteiger partial charge is 0.494 e. The molecule has 5 nitrogen and oxygen atoms in total. The Morgan fingerprint density at radius 2 is 1.81 bits per heavy atom. The van der Waals surface area contributed by atoms with E-state index < -0.39 is 6.04 Å². The summed E-state index contributed by atoms with van der Waals surface area (Å²) in [5.41, 5.74) is 1.91. The molecule has 0 saturated heterocycles. The SMILES string of the molecule is CCNC(=O)[C@H](CC)N(Cc1ccc(Cl)cc1Cl)C(=O)CCCOc1ccc(C)cc1. The van der Waals surface area contributed by atoms with Crippen LogP contribution in [-0.4, -0.2) is 35.9 Å². The predicted molar refractivity (Wildman–Crippen MR) is 126 cm³/mol. The van der Waals surface area contributed by atoms with Crippen molar-refractivity contribution in [2.45, 2.75) is 52.6 Å². The number of likely N-dealkylation sites (N-methyl/N-ethyl adjacent to an activating group) is 1. The van der Waals surface area contributed by atoms with Crippen LogP contribution in [0.25, 0.3) is 0 Å². The second kappa shape index (κ2) is 12.6. The molecule has 2 amide bonds. The van der Waals surface area contributed by atoms with Gasteiger partial charge in [-0.05, 0) is 56.5 Å². The van der Waals surface area contributed by atoms with Gasteiger partial charge >= 0.3 is 0 Å². The van der Waals surface area contributed by atoms with Crippen LogP contribution in [0.15, 0.2) is 42.5 Å². The second-order valence-electron chi connectivity index (χ2n) is 7.34. The zero-order valence-electron chi connectivity index (χ0n) is 18.3. The number of ether oxygens (including phenoxy) is 1. The Hall–Kier alpha value is -2.24. The number of hydrogen-bond donors (Lipinski definition) is 1. The van der Waals surface area contributed by atoms with E-state index in [9.17, 15) is 9.59 Å². The molecule has 1 atom stereocenters. The average Bonchev–Trinajstić information content (AvgIpc) is 2.74. The van der Waals surface area contributed by atoms with Gasteiger partial charge in [-0.2, -0.15) is 0 Å². The summed E-state index contributed by atoms with van der Waals surface area (Å²) in [7, 11) is 0.